The number of nitrogens with zero attached hydrogens (tertiary/aromatic N) is 1. The van der Waals surface area contributed by atoms with Crippen LogP contribution in [0.4, 0.5) is 0 Å². The Kier molecular flexibility index (Phi) is 3.84. The van der Waals surface area contributed by atoms with Crippen molar-refractivity contribution in [2.45, 2.75) is 11.3 Å². The van der Waals surface area contributed by atoms with Crippen molar-refractivity contribution < 1.29 is 8.42 Å². The molecule has 2 aromatic rings. The van der Waals surface area contributed by atoms with Crippen molar-refractivity contribution in [2.24, 2.45) is 5.92 Å². The Labute approximate surface area is 127 Å². The quantitative estimate of drug-likeness (QED) is 0.794. The van der Waals surface area contributed by atoms with E-state index in [1.807, 2.05) is 36.4 Å². The average molecular weight is 354 g/mol. The van der Waals surface area contributed by atoms with Gasteiger partial charge in [0, 0.05) is 23.8 Å². The fourth-order valence-electron chi connectivity index (χ4n) is 2.70. The zero-order valence-electron chi connectivity index (χ0n) is 11.0. The van der Waals surface area contributed by atoms with Crippen LogP contribution in [-0.4, -0.2) is 31.1 Å². The lowest BCUT2D eigenvalue weighted by molar-refractivity contribution is 0.466. The van der Waals surface area contributed by atoms with E-state index in [1.54, 1.807) is 10.4 Å². The number of fused-ring (bicyclic) bond motifs is 1. The van der Waals surface area contributed by atoms with E-state index in [1.165, 1.54) is 0 Å². The van der Waals surface area contributed by atoms with Crippen LogP contribution >= 0.6 is 15.9 Å². The van der Waals surface area contributed by atoms with Gasteiger partial charge < -0.3 is 0 Å². The molecule has 3 nitrogen and oxygen atoms in total. The SMILES string of the molecule is O=S(=O)(c1cccc2ccccc12)N1CCC(CBr)C1. The summed E-state index contributed by atoms with van der Waals surface area (Å²) in [6.45, 7) is 1.22. The number of halogens is 1. The number of hydrogen-bond acceptors (Lipinski definition) is 2. The molecule has 0 N–H and O–H groups in total. The van der Waals surface area contributed by atoms with Crippen LogP contribution in [0.15, 0.2) is 47.4 Å². The summed E-state index contributed by atoms with van der Waals surface area (Å²) in [5, 5.41) is 2.62. The van der Waals surface area contributed by atoms with E-state index in [-0.39, 0.29) is 0 Å². The summed E-state index contributed by atoms with van der Waals surface area (Å²) in [7, 11) is -3.40. The van der Waals surface area contributed by atoms with E-state index in [4.69, 9.17) is 0 Å². The molecule has 106 valence electrons. The Morgan fingerprint density at radius 2 is 1.90 bits per heavy atom. The van der Waals surface area contributed by atoms with Gasteiger partial charge in [-0.2, -0.15) is 4.31 Å². The van der Waals surface area contributed by atoms with Gasteiger partial charge in [0.05, 0.1) is 4.90 Å². The Morgan fingerprint density at radius 1 is 1.15 bits per heavy atom. The lowest BCUT2D eigenvalue weighted by Gasteiger charge is -2.17. The topological polar surface area (TPSA) is 37.4 Å². The summed E-state index contributed by atoms with van der Waals surface area (Å²) in [5.41, 5.74) is 0. The van der Waals surface area contributed by atoms with E-state index < -0.39 is 10.0 Å². The van der Waals surface area contributed by atoms with E-state index in [2.05, 4.69) is 15.9 Å². The zero-order valence-corrected chi connectivity index (χ0v) is 13.4. The third-order valence-electron chi connectivity index (χ3n) is 3.83. The summed E-state index contributed by atoms with van der Waals surface area (Å²) >= 11 is 3.44. The Bertz CT molecular complexity index is 724. The maximum Gasteiger partial charge on any atom is 0.243 e. The number of benzene rings is 2. The second-order valence-electron chi connectivity index (χ2n) is 5.15. The second-order valence-corrected chi connectivity index (χ2v) is 7.70. The van der Waals surface area contributed by atoms with Gasteiger partial charge in [0.1, 0.15) is 0 Å². The van der Waals surface area contributed by atoms with Crippen LogP contribution in [-0.2, 0) is 10.0 Å². The van der Waals surface area contributed by atoms with Crippen molar-refractivity contribution in [3.05, 3.63) is 42.5 Å². The highest BCUT2D eigenvalue weighted by Crippen LogP contribution is 2.29. The number of sulfonamides is 1. The van der Waals surface area contributed by atoms with Crippen LogP contribution in [0.1, 0.15) is 6.42 Å². The van der Waals surface area contributed by atoms with Gasteiger partial charge in [-0.25, -0.2) is 8.42 Å². The minimum absolute atomic E-state index is 0.416. The number of hydrogen-bond donors (Lipinski definition) is 0. The van der Waals surface area contributed by atoms with E-state index >= 15 is 0 Å². The third kappa shape index (κ3) is 2.38. The van der Waals surface area contributed by atoms with Gasteiger partial charge in [-0.3, -0.25) is 0 Å². The molecule has 1 saturated heterocycles. The van der Waals surface area contributed by atoms with Crippen molar-refractivity contribution in [1.82, 2.24) is 4.31 Å². The summed E-state index contributed by atoms with van der Waals surface area (Å²) < 4.78 is 27.3. The predicted molar refractivity (Wildman–Crippen MR) is 84.6 cm³/mol. The normalized spacial score (nSPS) is 20.6. The molecule has 0 radical (unpaired) electrons. The standard InChI is InChI=1S/C15H16BrNO2S/c16-10-12-8-9-17(11-12)20(18,19)15-7-3-5-13-4-1-2-6-14(13)15/h1-7,12H,8-11H2. The minimum atomic E-state index is -3.40. The third-order valence-corrected chi connectivity index (χ3v) is 6.67. The van der Waals surface area contributed by atoms with Gasteiger partial charge in [-0.1, -0.05) is 52.3 Å². The largest absolute Gasteiger partial charge is 0.243 e. The first kappa shape index (κ1) is 14.0. The van der Waals surface area contributed by atoms with Gasteiger partial charge >= 0.3 is 0 Å². The predicted octanol–water partition coefficient (Wildman–Crippen LogP) is 3.25. The molecule has 0 amide bonds. The van der Waals surface area contributed by atoms with Gasteiger partial charge in [0.2, 0.25) is 10.0 Å². The molecule has 1 unspecified atom stereocenters. The molecule has 1 aliphatic heterocycles. The first-order valence-corrected chi connectivity index (χ1v) is 9.23. The van der Waals surface area contributed by atoms with E-state index in [0.717, 1.165) is 22.5 Å². The Hall–Kier alpha value is -0.910. The molecule has 2 aromatic carbocycles. The van der Waals surface area contributed by atoms with Crippen LogP contribution in [0, 0.1) is 5.92 Å². The highest BCUT2D eigenvalue weighted by atomic mass is 79.9. The van der Waals surface area contributed by atoms with Crippen LogP contribution in [0.3, 0.4) is 0 Å². The van der Waals surface area contributed by atoms with Crippen molar-refractivity contribution in [3.8, 4) is 0 Å². The maximum absolute atomic E-state index is 12.8. The second kappa shape index (κ2) is 5.47. The molecular formula is C15H16BrNO2S. The van der Waals surface area contributed by atoms with Gasteiger partial charge in [-0.15, -0.1) is 0 Å². The van der Waals surface area contributed by atoms with Crippen molar-refractivity contribution in [1.29, 1.82) is 0 Å². The number of alkyl halides is 1. The van der Waals surface area contributed by atoms with Crippen molar-refractivity contribution in [3.63, 3.8) is 0 Å². The molecule has 1 heterocycles. The fourth-order valence-corrected chi connectivity index (χ4v) is 4.97. The molecule has 1 fully saturated rings. The first-order chi connectivity index (χ1) is 9.63. The molecule has 1 atom stereocenters. The smallest absolute Gasteiger partial charge is 0.207 e. The van der Waals surface area contributed by atoms with Crippen LogP contribution in [0.2, 0.25) is 0 Å². The van der Waals surface area contributed by atoms with Gasteiger partial charge in [0.15, 0.2) is 0 Å². The summed E-state index contributed by atoms with van der Waals surface area (Å²) in [4.78, 5) is 0.422. The molecule has 0 saturated carbocycles. The molecule has 20 heavy (non-hydrogen) atoms. The highest BCUT2D eigenvalue weighted by molar-refractivity contribution is 9.09. The lowest BCUT2D eigenvalue weighted by atomic mass is 10.1. The Morgan fingerprint density at radius 3 is 2.65 bits per heavy atom. The van der Waals surface area contributed by atoms with Gasteiger partial charge in [-0.05, 0) is 23.8 Å². The maximum atomic E-state index is 12.8. The zero-order chi connectivity index (χ0) is 14.2. The van der Waals surface area contributed by atoms with Crippen molar-refractivity contribution >= 4 is 36.7 Å². The molecule has 0 aliphatic carbocycles. The van der Waals surface area contributed by atoms with E-state index in [9.17, 15) is 8.42 Å². The minimum Gasteiger partial charge on any atom is -0.207 e. The molecule has 0 aromatic heterocycles. The highest BCUT2D eigenvalue weighted by Gasteiger charge is 2.32. The first-order valence-electron chi connectivity index (χ1n) is 6.67. The summed E-state index contributed by atoms with van der Waals surface area (Å²) in [6, 6.07) is 13.1. The van der Waals surface area contributed by atoms with E-state index in [0.29, 0.717) is 23.9 Å². The molecular weight excluding hydrogens is 338 g/mol. The molecule has 0 spiro atoms. The molecule has 5 heteroatoms. The Balaban J connectivity index is 2.06. The molecule has 3 rings (SSSR count). The summed E-state index contributed by atoms with van der Waals surface area (Å²) in [5.74, 6) is 0.416. The van der Waals surface area contributed by atoms with Gasteiger partial charge in [0.25, 0.3) is 0 Å². The van der Waals surface area contributed by atoms with Crippen LogP contribution < -0.4 is 0 Å². The molecule has 0 bridgehead atoms. The monoisotopic (exact) mass is 353 g/mol. The fraction of sp³-hybridized carbons (Fsp3) is 0.333. The molecule has 1 aliphatic rings. The number of rotatable bonds is 3. The summed E-state index contributed by atoms with van der Waals surface area (Å²) in [6.07, 6.45) is 0.926. The van der Waals surface area contributed by atoms with Crippen LogP contribution in [0.25, 0.3) is 10.8 Å². The average Bonchev–Trinajstić information content (AvgIpc) is 2.96. The lowest BCUT2D eigenvalue weighted by Crippen LogP contribution is -2.29. The van der Waals surface area contributed by atoms with Crippen molar-refractivity contribution in [2.75, 3.05) is 18.4 Å². The van der Waals surface area contributed by atoms with Crippen LogP contribution in [0.5, 0.6) is 0 Å².